The Hall–Kier alpha value is -1.23. The van der Waals surface area contributed by atoms with E-state index in [1.165, 1.54) is 0 Å². The average molecular weight is 266 g/mol. The lowest BCUT2D eigenvalue weighted by molar-refractivity contribution is -0.142. The number of carbonyl (C=O) groups is 2. The molecule has 0 aliphatic carbocycles. The zero-order chi connectivity index (χ0) is 13.3. The third-order valence-electron chi connectivity index (χ3n) is 2.46. The van der Waals surface area contributed by atoms with Gasteiger partial charge in [0.05, 0.1) is 6.54 Å². The molecule has 1 aliphatic rings. The van der Waals surface area contributed by atoms with E-state index in [4.69, 9.17) is 16.6 Å². The number of rotatable bonds is 5. The summed E-state index contributed by atoms with van der Waals surface area (Å²) in [4.78, 5) is 21.3. The van der Waals surface area contributed by atoms with Crippen LogP contribution in [0, 0.1) is 0 Å². The van der Waals surface area contributed by atoms with E-state index >= 15 is 0 Å². The molecule has 0 unspecified atom stereocenters. The lowest BCUT2D eigenvalue weighted by Gasteiger charge is -2.19. The quantitative estimate of drug-likeness (QED) is 0.410. The normalized spacial score (nSPS) is 25.9. The topological polar surface area (TPSA) is 156 Å². The second-order valence-electron chi connectivity index (χ2n) is 3.84. The molecule has 0 spiro atoms. The van der Waals surface area contributed by atoms with E-state index in [1.807, 2.05) is 4.72 Å². The molecule has 1 atom stereocenters. The molecule has 1 aliphatic heterocycles. The Morgan fingerprint density at radius 3 is 2.47 bits per heavy atom. The predicted molar refractivity (Wildman–Crippen MR) is 56.9 cm³/mol. The molecule has 10 heteroatoms. The highest BCUT2D eigenvalue weighted by Gasteiger charge is 2.45. The number of amides is 1. The zero-order valence-electron chi connectivity index (χ0n) is 8.92. The highest BCUT2D eigenvalue weighted by atomic mass is 32.2. The van der Waals surface area contributed by atoms with Gasteiger partial charge in [-0.1, -0.05) is 0 Å². The van der Waals surface area contributed by atoms with Crippen molar-refractivity contribution in [1.82, 2.24) is 9.03 Å². The summed E-state index contributed by atoms with van der Waals surface area (Å²) < 4.78 is 26.0. The first-order valence-corrected chi connectivity index (χ1v) is 6.17. The van der Waals surface area contributed by atoms with Crippen molar-refractivity contribution >= 4 is 22.1 Å². The lowest BCUT2D eigenvalue weighted by Crippen LogP contribution is -2.52. The van der Waals surface area contributed by atoms with Crippen molar-refractivity contribution in [2.45, 2.75) is 12.0 Å². The number of nitrogens with two attached hydrogens (primary N) is 2. The summed E-state index contributed by atoms with van der Waals surface area (Å²) in [6.07, 6.45) is 0.0137. The summed E-state index contributed by atoms with van der Waals surface area (Å²) >= 11 is 0. The maximum Gasteiger partial charge on any atom is 0.325 e. The van der Waals surface area contributed by atoms with Crippen molar-refractivity contribution in [3.8, 4) is 0 Å². The van der Waals surface area contributed by atoms with Gasteiger partial charge in [-0.3, -0.25) is 9.59 Å². The number of aliphatic carboxylic acids is 1. The van der Waals surface area contributed by atoms with E-state index in [0.29, 0.717) is 0 Å². The Labute approximate surface area is 97.9 Å². The van der Waals surface area contributed by atoms with Crippen molar-refractivity contribution < 1.29 is 23.1 Å². The Kier molecular flexibility index (Phi) is 3.71. The predicted octanol–water partition coefficient (Wildman–Crippen LogP) is -3.21. The molecule has 0 aromatic heterocycles. The molecular formula is C7H14N4O5S. The van der Waals surface area contributed by atoms with Gasteiger partial charge in [0.15, 0.2) is 0 Å². The van der Waals surface area contributed by atoms with Crippen LogP contribution in [-0.2, 0) is 19.8 Å². The molecule has 9 nitrogen and oxygen atoms in total. The van der Waals surface area contributed by atoms with Crippen LogP contribution in [0.1, 0.15) is 6.42 Å². The molecule has 6 N–H and O–H groups in total. The summed E-state index contributed by atoms with van der Waals surface area (Å²) in [5.74, 6) is -2.09. The number of primary amides is 1. The van der Waals surface area contributed by atoms with Gasteiger partial charge < -0.3 is 16.6 Å². The second-order valence-corrected chi connectivity index (χ2v) is 5.59. The first-order valence-electron chi connectivity index (χ1n) is 4.73. The molecule has 0 aromatic carbocycles. The van der Waals surface area contributed by atoms with Crippen LogP contribution in [0.2, 0.25) is 0 Å². The number of hydrogen-bond acceptors (Lipinski definition) is 5. The molecule has 1 heterocycles. The molecular weight excluding hydrogens is 252 g/mol. The lowest BCUT2D eigenvalue weighted by atomic mass is 10.0. The van der Waals surface area contributed by atoms with Gasteiger partial charge in [0.1, 0.15) is 5.54 Å². The molecule has 1 amide bonds. The summed E-state index contributed by atoms with van der Waals surface area (Å²) in [6.45, 7) is -0.892. The van der Waals surface area contributed by atoms with Gasteiger partial charge in [-0.25, -0.2) is 0 Å². The maximum atomic E-state index is 11.6. The molecule has 0 saturated carbocycles. The number of carbonyl (C=O) groups excluding carboxylic acids is 1. The third kappa shape index (κ3) is 3.12. The fraction of sp³-hybridized carbons (Fsp3) is 0.714. The van der Waals surface area contributed by atoms with Crippen LogP contribution < -0.4 is 16.2 Å². The van der Waals surface area contributed by atoms with Crippen molar-refractivity contribution in [3.05, 3.63) is 0 Å². The SMILES string of the molecule is NC(=O)CNS(=O)(=O)N1CC[C@](N)(C(=O)O)C1. The standard InChI is InChI=1S/C7H14N4O5S/c8-5(12)3-10-17(15,16)11-2-1-7(9,4-11)6(13)14/h10H,1-4,9H2,(H2,8,12)(H,13,14)/t7-/m1/s1. The Morgan fingerprint density at radius 2 is 2.06 bits per heavy atom. The Morgan fingerprint density at radius 1 is 1.47 bits per heavy atom. The molecule has 0 bridgehead atoms. The van der Waals surface area contributed by atoms with Crippen LogP contribution in [0.25, 0.3) is 0 Å². The van der Waals surface area contributed by atoms with Gasteiger partial charge in [-0.2, -0.15) is 17.4 Å². The van der Waals surface area contributed by atoms with Crippen LogP contribution in [0.4, 0.5) is 0 Å². The van der Waals surface area contributed by atoms with E-state index < -0.39 is 34.2 Å². The van der Waals surface area contributed by atoms with E-state index in [-0.39, 0.29) is 19.5 Å². The van der Waals surface area contributed by atoms with Crippen LogP contribution in [0.15, 0.2) is 0 Å². The summed E-state index contributed by atoms with van der Waals surface area (Å²) in [6, 6.07) is 0. The minimum atomic E-state index is -3.92. The number of nitrogens with one attached hydrogen (secondary N) is 1. The van der Waals surface area contributed by atoms with Gasteiger partial charge in [0.2, 0.25) is 5.91 Å². The molecule has 1 rings (SSSR count). The summed E-state index contributed by atoms with van der Waals surface area (Å²) in [5.41, 5.74) is 8.73. The fourth-order valence-corrected chi connectivity index (χ4v) is 2.67. The van der Waals surface area contributed by atoms with Crippen molar-refractivity contribution in [3.63, 3.8) is 0 Å². The van der Waals surface area contributed by atoms with Crippen molar-refractivity contribution in [2.75, 3.05) is 19.6 Å². The first kappa shape index (κ1) is 13.8. The summed E-state index contributed by atoms with van der Waals surface area (Å²) in [5, 5.41) is 8.83. The molecule has 1 fully saturated rings. The highest BCUT2D eigenvalue weighted by Crippen LogP contribution is 2.20. The van der Waals surface area contributed by atoms with Crippen LogP contribution in [-0.4, -0.2) is 54.9 Å². The minimum Gasteiger partial charge on any atom is -0.480 e. The number of carboxylic acids is 1. The third-order valence-corrected chi connectivity index (χ3v) is 3.96. The van der Waals surface area contributed by atoms with Gasteiger partial charge in [-0.15, -0.1) is 0 Å². The fourth-order valence-electron chi connectivity index (χ4n) is 1.43. The van der Waals surface area contributed by atoms with Crippen LogP contribution >= 0.6 is 0 Å². The van der Waals surface area contributed by atoms with Crippen LogP contribution in [0.5, 0.6) is 0 Å². The number of nitrogens with zero attached hydrogens (tertiary/aromatic N) is 1. The monoisotopic (exact) mass is 266 g/mol. The van der Waals surface area contributed by atoms with Gasteiger partial charge in [0, 0.05) is 13.1 Å². The molecule has 17 heavy (non-hydrogen) atoms. The smallest absolute Gasteiger partial charge is 0.325 e. The van der Waals surface area contributed by atoms with Crippen LogP contribution in [0.3, 0.4) is 0 Å². The molecule has 98 valence electrons. The maximum absolute atomic E-state index is 11.6. The molecule has 0 aromatic rings. The second kappa shape index (κ2) is 4.56. The first-order chi connectivity index (χ1) is 7.67. The van der Waals surface area contributed by atoms with E-state index in [1.54, 1.807) is 0 Å². The van der Waals surface area contributed by atoms with E-state index in [0.717, 1.165) is 4.31 Å². The number of hydrogen-bond donors (Lipinski definition) is 4. The zero-order valence-corrected chi connectivity index (χ0v) is 9.74. The summed E-state index contributed by atoms with van der Waals surface area (Å²) in [7, 11) is -3.92. The van der Waals surface area contributed by atoms with Gasteiger partial charge in [0.25, 0.3) is 10.2 Å². The molecule has 1 saturated heterocycles. The number of carboxylic acid groups (broad SMARTS) is 1. The molecule has 0 radical (unpaired) electrons. The minimum absolute atomic E-state index is 0.0137. The largest absolute Gasteiger partial charge is 0.480 e. The van der Waals surface area contributed by atoms with Crippen molar-refractivity contribution in [1.29, 1.82) is 0 Å². The average Bonchev–Trinajstić information content (AvgIpc) is 2.60. The van der Waals surface area contributed by atoms with Gasteiger partial charge >= 0.3 is 5.97 Å². The van der Waals surface area contributed by atoms with Crippen molar-refractivity contribution in [2.24, 2.45) is 11.5 Å². The van der Waals surface area contributed by atoms with E-state index in [2.05, 4.69) is 0 Å². The highest BCUT2D eigenvalue weighted by molar-refractivity contribution is 7.87. The Bertz CT molecular complexity index is 436. The Balaban J connectivity index is 2.71. The van der Waals surface area contributed by atoms with Gasteiger partial charge in [-0.05, 0) is 6.42 Å². The van der Waals surface area contributed by atoms with E-state index in [9.17, 15) is 18.0 Å².